The lowest BCUT2D eigenvalue weighted by atomic mass is 10.0. The summed E-state index contributed by atoms with van der Waals surface area (Å²) in [6.45, 7) is 7.57. The lowest BCUT2D eigenvalue weighted by Crippen LogP contribution is -2.55. The number of piperazine rings is 1. The maximum Gasteiger partial charge on any atom is 0.234 e. The van der Waals surface area contributed by atoms with E-state index >= 15 is 0 Å². The molecule has 6 nitrogen and oxygen atoms in total. The molecule has 2 atom stereocenters. The number of nitrogens with one attached hydrogen (secondary N) is 2. The second-order valence-electron chi connectivity index (χ2n) is 6.84. The zero-order valence-corrected chi connectivity index (χ0v) is 16.8. The van der Waals surface area contributed by atoms with Gasteiger partial charge >= 0.3 is 0 Å². The monoisotopic (exact) mass is 404 g/mol. The van der Waals surface area contributed by atoms with Crippen LogP contribution in [0.2, 0.25) is 0 Å². The number of aliphatic hydroxyl groups is 1. The first-order valence-corrected chi connectivity index (χ1v) is 8.84. The summed E-state index contributed by atoms with van der Waals surface area (Å²) in [4.78, 5) is 16.8. The second kappa shape index (κ2) is 10.9. The Morgan fingerprint density at radius 2 is 2.00 bits per heavy atom. The largest absolute Gasteiger partial charge is 0.390 e. The molecule has 0 bridgehead atoms. The number of aliphatic hydroxyl groups excluding tert-OH is 1. The Hall–Kier alpha value is -1.05. The number of carbonyl (C=O) groups is 1. The minimum absolute atomic E-state index is 0. The van der Waals surface area contributed by atoms with Gasteiger partial charge in [0.1, 0.15) is 0 Å². The summed E-state index contributed by atoms with van der Waals surface area (Å²) in [5.41, 5.74) is 2.53. The van der Waals surface area contributed by atoms with Gasteiger partial charge in [-0.05, 0) is 37.6 Å². The smallest absolute Gasteiger partial charge is 0.234 e. The minimum Gasteiger partial charge on any atom is -0.390 e. The van der Waals surface area contributed by atoms with E-state index in [0.717, 1.165) is 39.1 Å². The van der Waals surface area contributed by atoms with Gasteiger partial charge in [-0.2, -0.15) is 0 Å². The van der Waals surface area contributed by atoms with Crippen LogP contribution in [0.3, 0.4) is 0 Å². The fraction of sp³-hybridized carbons (Fsp3) is 0.611. The van der Waals surface area contributed by atoms with Crippen LogP contribution < -0.4 is 15.5 Å². The summed E-state index contributed by atoms with van der Waals surface area (Å²) >= 11 is 0. The molecule has 26 heavy (non-hydrogen) atoms. The van der Waals surface area contributed by atoms with Gasteiger partial charge in [0.2, 0.25) is 5.91 Å². The van der Waals surface area contributed by atoms with Crippen LogP contribution in [0.1, 0.15) is 12.0 Å². The number of piperidine rings is 1. The first-order valence-electron chi connectivity index (χ1n) is 8.84. The Morgan fingerprint density at radius 1 is 1.27 bits per heavy atom. The molecule has 2 saturated heterocycles. The summed E-state index contributed by atoms with van der Waals surface area (Å²) in [5, 5.41) is 16.0. The van der Waals surface area contributed by atoms with Gasteiger partial charge < -0.3 is 20.6 Å². The average Bonchev–Trinajstić information content (AvgIpc) is 2.58. The van der Waals surface area contributed by atoms with Crippen molar-refractivity contribution in [2.24, 2.45) is 0 Å². The Morgan fingerprint density at radius 3 is 2.65 bits per heavy atom. The van der Waals surface area contributed by atoms with Gasteiger partial charge in [0.05, 0.1) is 18.7 Å². The number of rotatable bonds is 4. The number of amides is 1. The molecule has 2 fully saturated rings. The Kier molecular flexibility index (Phi) is 9.68. The minimum atomic E-state index is -0.485. The molecule has 3 rings (SSSR count). The SMILES string of the molecule is Cc1cccc(N2CCN(CC(=O)N[C@@H]3CCNC[C@H]3O)CC2)c1.Cl.Cl. The Bertz CT molecular complexity index is 568. The van der Waals surface area contributed by atoms with E-state index < -0.39 is 6.10 Å². The van der Waals surface area contributed by atoms with Crippen molar-refractivity contribution in [2.45, 2.75) is 25.5 Å². The maximum atomic E-state index is 12.2. The topological polar surface area (TPSA) is 67.8 Å². The third kappa shape index (κ3) is 6.28. The van der Waals surface area contributed by atoms with Crippen LogP contribution in [-0.4, -0.2) is 73.9 Å². The third-order valence-electron chi connectivity index (χ3n) is 4.90. The molecule has 2 aliphatic rings. The highest BCUT2D eigenvalue weighted by atomic mass is 35.5. The lowest BCUT2D eigenvalue weighted by Gasteiger charge is -2.36. The van der Waals surface area contributed by atoms with Crippen molar-refractivity contribution in [2.75, 3.05) is 50.7 Å². The van der Waals surface area contributed by atoms with Crippen LogP contribution in [0.25, 0.3) is 0 Å². The normalized spacial score (nSPS) is 23.5. The van der Waals surface area contributed by atoms with Gasteiger partial charge in [0.15, 0.2) is 0 Å². The van der Waals surface area contributed by atoms with E-state index in [2.05, 4.69) is 51.6 Å². The number of aryl methyl sites for hydroxylation is 1. The van der Waals surface area contributed by atoms with Gasteiger partial charge in [-0.25, -0.2) is 0 Å². The van der Waals surface area contributed by atoms with Gasteiger partial charge in [-0.3, -0.25) is 9.69 Å². The third-order valence-corrected chi connectivity index (χ3v) is 4.90. The fourth-order valence-corrected chi connectivity index (χ4v) is 3.45. The van der Waals surface area contributed by atoms with Gasteiger partial charge in [0, 0.05) is 38.4 Å². The molecule has 0 aliphatic carbocycles. The van der Waals surface area contributed by atoms with E-state index in [9.17, 15) is 9.90 Å². The van der Waals surface area contributed by atoms with Crippen LogP contribution in [0, 0.1) is 6.92 Å². The molecular weight excluding hydrogens is 375 g/mol. The van der Waals surface area contributed by atoms with E-state index in [1.54, 1.807) is 0 Å². The highest BCUT2D eigenvalue weighted by Crippen LogP contribution is 2.17. The van der Waals surface area contributed by atoms with Crippen LogP contribution in [0.15, 0.2) is 24.3 Å². The number of carbonyl (C=O) groups excluding carboxylic acids is 1. The number of benzene rings is 1. The van der Waals surface area contributed by atoms with Crippen molar-refractivity contribution in [3.63, 3.8) is 0 Å². The Labute approximate surface area is 168 Å². The summed E-state index contributed by atoms with van der Waals surface area (Å²) in [6.07, 6.45) is 0.300. The first-order chi connectivity index (χ1) is 11.6. The molecule has 1 aromatic carbocycles. The lowest BCUT2D eigenvalue weighted by molar-refractivity contribution is -0.124. The van der Waals surface area contributed by atoms with Crippen molar-refractivity contribution in [3.8, 4) is 0 Å². The molecule has 0 spiro atoms. The average molecular weight is 405 g/mol. The van der Waals surface area contributed by atoms with E-state index in [0.29, 0.717) is 13.1 Å². The number of hydrogen-bond acceptors (Lipinski definition) is 5. The van der Waals surface area contributed by atoms with Crippen molar-refractivity contribution in [1.29, 1.82) is 0 Å². The molecule has 3 N–H and O–H groups in total. The summed E-state index contributed by atoms with van der Waals surface area (Å²) in [5.74, 6) is 0.0185. The molecule has 2 heterocycles. The highest BCUT2D eigenvalue weighted by Gasteiger charge is 2.25. The van der Waals surface area contributed by atoms with Gasteiger partial charge in [0.25, 0.3) is 0 Å². The molecule has 148 valence electrons. The van der Waals surface area contributed by atoms with E-state index in [-0.39, 0.29) is 36.8 Å². The summed E-state index contributed by atoms with van der Waals surface area (Å²) in [6, 6.07) is 8.44. The van der Waals surface area contributed by atoms with Crippen molar-refractivity contribution in [1.82, 2.24) is 15.5 Å². The van der Waals surface area contributed by atoms with E-state index in [1.807, 2.05) is 0 Å². The van der Waals surface area contributed by atoms with Crippen LogP contribution in [0.4, 0.5) is 5.69 Å². The maximum absolute atomic E-state index is 12.2. The zero-order chi connectivity index (χ0) is 16.9. The molecule has 0 radical (unpaired) electrons. The molecule has 1 amide bonds. The molecule has 0 unspecified atom stereocenters. The van der Waals surface area contributed by atoms with Crippen molar-refractivity contribution >= 4 is 36.4 Å². The molecular formula is C18H30Cl2N4O2. The van der Waals surface area contributed by atoms with Crippen LogP contribution >= 0.6 is 24.8 Å². The quantitative estimate of drug-likeness (QED) is 0.692. The summed E-state index contributed by atoms with van der Waals surface area (Å²) < 4.78 is 0. The molecule has 1 aromatic rings. The standard InChI is InChI=1S/C18H28N4O2.2ClH/c1-14-3-2-4-15(11-14)22-9-7-21(8-10-22)13-18(24)20-16-5-6-19-12-17(16)23;;/h2-4,11,16-17,19,23H,5-10,12-13H2,1H3,(H,20,24);2*1H/t16-,17-;;/m1../s1. The van der Waals surface area contributed by atoms with E-state index in [1.165, 1.54) is 11.3 Å². The second-order valence-corrected chi connectivity index (χ2v) is 6.84. The predicted octanol–water partition coefficient (Wildman–Crippen LogP) is 0.800. The fourth-order valence-electron chi connectivity index (χ4n) is 3.45. The van der Waals surface area contributed by atoms with Crippen LogP contribution in [-0.2, 0) is 4.79 Å². The number of β-amino-alcohol motifs (C(OH)–C–C–N with tert-alkyl or cyclic N) is 1. The summed E-state index contributed by atoms with van der Waals surface area (Å²) in [7, 11) is 0. The van der Waals surface area contributed by atoms with Crippen LogP contribution in [0.5, 0.6) is 0 Å². The molecule has 8 heteroatoms. The first kappa shape index (κ1) is 23.0. The van der Waals surface area contributed by atoms with Gasteiger partial charge in [-0.15, -0.1) is 24.8 Å². The van der Waals surface area contributed by atoms with Gasteiger partial charge in [-0.1, -0.05) is 12.1 Å². The number of hydrogen-bond donors (Lipinski definition) is 3. The number of halogens is 2. The number of anilines is 1. The highest BCUT2D eigenvalue weighted by molar-refractivity contribution is 5.85. The Balaban J connectivity index is 0.00000169. The predicted molar refractivity (Wildman–Crippen MR) is 110 cm³/mol. The molecule has 0 saturated carbocycles. The van der Waals surface area contributed by atoms with Crippen molar-refractivity contribution < 1.29 is 9.90 Å². The molecule has 0 aromatic heterocycles. The number of nitrogens with zero attached hydrogens (tertiary/aromatic N) is 2. The van der Waals surface area contributed by atoms with Crippen molar-refractivity contribution in [3.05, 3.63) is 29.8 Å². The zero-order valence-electron chi connectivity index (χ0n) is 15.2. The van der Waals surface area contributed by atoms with E-state index in [4.69, 9.17) is 0 Å². The molecule has 2 aliphatic heterocycles.